The third kappa shape index (κ3) is 3.51. The van der Waals surface area contributed by atoms with Gasteiger partial charge in [-0.25, -0.2) is 4.79 Å². The Kier molecular flexibility index (Phi) is 5.14. The molecule has 0 saturated heterocycles. The van der Waals surface area contributed by atoms with Crippen LogP contribution in [0.5, 0.6) is 0 Å². The van der Waals surface area contributed by atoms with Gasteiger partial charge >= 0.3 is 6.03 Å². The van der Waals surface area contributed by atoms with Crippen LogP contribution < -0.4 is 16.4 Å². The number of nitrogens with one attached hydrogen (secondary N) is 2. The molecule has 4 N–H and O–H groups in total. The summed E-state index contributed by atoms with van der Waals surface area (Å²) in [5, 5.41) is 16.7. The summed E-state index contributed by atoms with van der Waals surface area (Å²) in [5.74, 6) is 1.12. The number of amides is 3. The van der Waals surface area contributed by atoms with Crippen molar-refractivity contribution in [2.75, 3.05) is 16.4 Å². The number of carbonyl (C=O) groups excluding carboxylic acids is 2. The monoisotopic (exact) mass is 392 g/mol. The van der Waals surface area contributed by atoms with Crippen LogP contribution in [0.4, 0.5) is 21.2 Å². The van der Waals surface area contributed by atoms with E-state index in [9.17, 15) is 19.7 Å². The predicted octanol–water partition coefficient (Wildman–Crippen LogP) is 3.50. The minimum absolute atomic E-state index is 0.0794. The molecule has 1 aromatic heterocycles. The smallest absolute Gasteiger partial charge is 0.324 e. The number of hydrogen-bond donors (Lipinski definition) is 3. The zero-order valence-corrected chi connectivity index (χ0v) is 15.5. The number of benzene rings is 1. The fraction of sp³-hybridized carbons (Fsp3) is 0.250. The van der Waals surface area contributed by atoms with Gasteiger partial charge in [0.05, 0.1) is 21.7 Å². The van der Waals surface area contributed by atoms with Crippen LogP contribution in [0, 0.1) is 17.0 Å². The normalized spacial score (nSPS) is 13.0. The van der Waals surface area contributed by atoms with Gasteiger partial charge in [0.1, 0.15) is 5.00 Å². The van der Waals surface area contributed by atoms with Crippen LogP contribution in [0.1, 0.15) is 26.4 Å². The zero-order valence-electron chi connectivity index (χ0n) is 13.8. The van der Waals surface area contributed by atoms with Crippen molar-refractivity contribution in [2.45, 2.75) is 19.1 Å². The average molecular weight is 392 g/mol. The lowest BCUT2D eigenvalue weighted by molar-refractivity contribution is -0.385. The molecule has 0 unspecified atom stereocenters. The highest BCUT2D eigenvalue weighted by Gasteiger charge is 2.25. The topological polar surface area (TPSA) is 127 Å². The molecule has 10 heteroatoms. The maximum absolute atomic E-state index is 12.4. The summed E-state index contributed by atoms with van der Waals surface area (Å²) in [6.07, 6.45) is 0.738. The predicted molar refractivity (Wildman–Crippen MR) is 103 cm³/mol. The van der Waals surface area contributed by atoms with Gasteiger partial charge in [0.15, 0.2) is 0 Å². The lowest BCUT2D eigenvalue weighted by Crippen LogP contribution is -2.22. The standard InChI is InChI=1S/C16H16N4O4S2/c1-8-10(3-2-4-11(8)20(23)24)18-16(22)19-15-13(14(17)21)9-5-6-25-7-12(9)26-15/h2-4H,5-7H2,1H3,(H2,17,21)(H2,18,19,22). The molecule has 2 heterocycles. The average Bonchev–Trinajstić information content (AvgIpc) is 2.94. The molecule has 0 aliphatic carbocycles. The van der Waals surface area contributed by atoms with Crippen molar-refractivity contribution in [3.63, 3.8) is 0 Å². The summed E-state index contributed by atoms with van der Waals surface area (Å²) in [5.41, 5.74) is 7.37. The van der Waals surface area contributed by atoms with Crippen molar-refractivity contribution in [3.05, 3.63) is 49.9 Å². The molecular formula is C16H16N4O4S2. The van der Waals surface area contributed by atoms with Gasteiger partial charge in [-0.3, -0.25) is 20.2 Å². The fourth-order valence-electron chi connectivity index (χ4n) is 2.79. The van der Waals surface area contributed by atoms with E-state index in [0.29, 0.717) is 21.8 Å². The molecule has 0 saturated carbocycles. The van der Waals surface area contributed by atoms with Crippen LogP contribution >= 0.6 is 23.1 Å². The molecule has 0 fully saturated rings. The first-order valence-electron chi connectivity index (χ1n) is 7.72. The number of nitro groups is 1. The van der Waals surface area contributed by atoms with E-state index in [-0.39, 0.29) is 5.69 Å². The van der Waals surface area contributed by atoms with Gasteiger partial charge in [0, 0.05) is 16.7 Å². The number of rotatable bonds is 4. The molecule has 3 amide bonds. The minimum Gasteiger partial charge on any atom is -0.365 e. The number of thioether (sulfide) groups is 1. The maximum atomic E-state index is 12.4. The third-order valence-corrected chi connectivity index (χ3v) is 6.36. The largest absolute Gasteiger partial charge is 0.365 e. The molecule has 1 aromatic carbocycles. The summed E-state index contributed by atoms with van der Waals surface area (Å²) >= 11 is 3.10. The number of hydrogen-bond acceptors (Lipinski definition) is 6. The highest BCUT2D eigenvalue weighted by atomic mass is 32.2. The second-order valence-electron chi connectivity index (χ2n) is 5.66. The molecular weight excluding hydrogens is 376 g/mol. The van der Waals surface area contributed by atoms with E-state index in [1.165, 1.54) is 23.5 Å². The van der Waals surface area contributed by atoms with Crippen LogP contribution in [0.15, 0.2) is 18.2 Å². The number of nitrogens with zero attached hydrogens (tertiary/aromatic N) is 1. The first-order chi connectivity index (χ1) is 12.4. The van der Waals surface area contributed by atoms with Crippen LogP contribution in [0.2, 0.25) is 0 Å². The van der Waals surface area contributed by atoms with Gasteiger partial charge in [-0.05, 0) is 30.7 Å². The number of urea groups is 1. The second kappa shape index (κ2) is 7.34. The Morgan fingerprint density at radius 1 is 1.31 bits per heavy atom. The molecule has 0 spiro atoms. The summed E-state index contributed by atoms with van der Waals surface area (Å²) < 4.78 is 0. The van der Waals surface area contributed by atoms with Gasteiger partial charge in [0.25, 0.3) is 11.6 Å². The van der Waals surface area contributed by atoms with Crippen molar-refractivity contribution in [2.24, 2.45) is 5.73 Å². The minimum atomic E-state index is -0.581. The molecule has 8 nitrogen and oxygen atoms in total. The molecule has 2 aromatic rings. The molecule has 26 heavy (non-hydrogen) atoms. The number of primary amides is 1. The number of carbonyl (C=O) groups is 2. The number of anilines is 2. The number of fused-ring (bicyclic) bond motifs is 1. The lowest BCUT2D eigenvalue weighted by Gasteiger charge is -2.11. The molecule has 1 aliphatic rings. The first kappa shape index (κ1) is 18.2. The number of nitro benzene ring substituents is 1. The Labute approximate surface area is 157 Å². The van der Waals surface area contributed by atoms with Gasteiger partial charge in [0.2, 0.25) is 0 Å². The summed E-state index contributed by atoms with van der Waals surface area (Å²) in [6, 6.07) is 3.86. The van der Waals surface area contributed by atoms with E-state index in [1.807, 2.05) is 0 Å². The van der Waals surface area contributed by atoms with Crippen molar-refractivity contribution >= 4 is 51.4 Å². The lowest BCUT2D eigenvalue weighted by atomic mass is 10.1. The molecule has 0 bridgehead atoms. The van der Waals surface area contributed by atoms with E-state index in [0.717, 1.165) is 28.4 Å². The fourth-order valence-corrected chi connectivity index (χ4v) is 5.18. The number of thiophene rings is 1. The highest BCUT2D eigenvalue weighted by Crippen LogP contribution is 2.39. The molecule has 1 aliphatic heterocycles. The maximum Gasteiger partial charge on any atom is 0.324 e. The van der Waals surface area contributed by atoms with E-state index in [2.05, 4.69) is 10.6 Å². The van der Waals surface area contributed by atoms with Gasteiger partial charge < -0.3 is 11.1 Å². The molecule has 0 atom stereocenters. The Morgan fingerprint density at radius 3 is 2.77 bits per heavy atom. The Balaban J connectivity index is 1.83. The van der Waals surface area contributed by atoms with Crippen molar-refractivity contribution in [1.82, 2.24) is 0 Å². The van der Waals surface area contributed by atoms with E-state index < -0.39 is 16.9 Å². The SMILES string of the molecule is Cc1c(NC(=O)Nc2sc3c(c2C(N)=O)CCSC3)cccc1[N+](=O)[O-]. The van der Waals surface area contributed by atoms with Crippen molar-refractivity contribution < 1.29 is 14.5 Å². The van der Waals surface area contributed by atoms with Gasteiger partial charge in [-0.2, -0.15) is 11.8 Å². The summed E-state index contributed by atoms with van der Waals surface area (Å²) in [4.78, 5) is 35.7. The molecule has 3 rings (SSSR count). The van der Waals surface area contributed by atoms with E-state index in [4.69, 9.17) is 5.73 Å². The highest BCUT2D eigenvalue weighted by molar-refractivity contribution is 7.98. The van der Waals surface area contributed by atoms with E-state index >= 15 is 0 Å². The first-order valence-corrected chi connectivity index (χ1v) is 9.69. The molecule has 0 radical (unpaired) electrons. The van der Waals surface area contributed by atoms with Gasteiger partial charge in [-0.1, -0.05) is 6.07 Å². The van der Waals surface area contributed by atoms with E-state index in [1.54, 1.807) is 24.8 Å². The van der Waals surface area contributed by atoms with Crippen molar-refractivity contribution in [3.8, 4) is 0 Å². The van der Waals surface area contributed by atoms with Crippen LogP contribution in [0.25, 0.3) is 0 Å². The van der Waals surface area contributed by atoms with Gasteiger partial charge in [-0.15, -0.1) is 11.3 Å². The Bertz CT molecular complexity index is 910. The quantitative estimate of drug-likeness (QED) is 0.542. The molecule has 136 valence electrons. The van der Waals surface area contributed by atoms with Crippen LogP contribution in [0.3, 0.4) is 0 Å². The van der Waals surface area contributed by atoms with Crippen molar-refractivity contribution in [1.29, 1.82) is 0 Å². The Hall–Kier alpha value is -2.59. The summed E-state index contributed by atoms with van der Waals surface area (Å²) in [7, 11) is 0. The second-order valence-corrected chi connectivity index (χ2v) is 7.87. The zero-order chi connectivity index (χ0) is 18.8. The summed E-state index contributed by atoms with van der Waals surface area (Å²) in [6.45, 7) is 1.56. The van der Waals surface area contributed by atoms with Crippen LogP contribution in [-0.4, -0.2) is 22.6 Å². The number of nitrogens with two attached hydrogens (primary N) is 1. The Morgan fingerprint density at radius 2 is 2.08 bits per heavy atom. The van der Waals surface area contributed by atoms with Crippen LogP contribution in [-0.2, 0) is 12.2 Å². The third-order valence-electron chi connectivity index (χ3n) is 4.04.